The minimum atomic E-state index is -0.00368. The van der Waals surface area contributed by atoms with Gasteiger partial charge in [0.25, 0.3) is 0 Å². The Kier molecular flexibility index (Phi) is 5.04. The van der Waals surface area contributed by atoms with Gasteiger partial charge < -0.3 is 9.80 Å². The van der Waals surface area contributed by atoms with Gasteiger partial charge in [0.2, 0.25) is 5.96 Å². The molecule has 0 aromatic carbocycles. The van der Waals surface area contributed by atoms with Crippen molar-refractivity contribution in [2.75, 3.05) is 21.1 Å². The van der Waals surface area contributed by atoms with E-state index in [9.17, 15) is 0 Å². The lowest BCUT2D eigenvalue weighted by Crippen LogP contribution is -2.48. The lowest BCUT2D eigenvalue weighted by atomic mass is 9.85. The molecule has 1 aliphatic heterocycles. The van der Waals surface area contributed by atoms with Crippen molar-refractivity contribution in [3.8, 4) is 0 Å². The molecule has 1 aromatic rings. The number of thiophene rings is 1. The SMILES string of the molecule is CCC(c1ccsc1)C(C)C1=NC(C)N=C(N(C)C)N1C. The quantitative estimate of drug-likeness (QED) is 0.852. The number of nitrogens with zero attached hydrogens (tertiary/aromatic N) is 4. The summed E-state index contributed by atoms with van der Waals surface area (Å²) in [5.74, 6) is 3.01. The molecule has 0 spiro atoms. The van der Waals surface area contributed by atoms with E-state index in [-0.39, 0.29) is 6.17 Å². The average Bonchev–Trinajstić information content (AvgIpc) is 2.95. The van der Waals surface area contributed by atoms with Crippen molar-refractivity contribution in [3.63, 3.8) is 0 Å². The lowest BCUT2D eigenvalue weighted by molar-refractivity contribution is 0.457. The fraction of sp³-hybridized carbons (Fsp3) is 0.625. The van der Waals surface area contributed by atoms with E-state index in [2.05, 4.69) is 59.4 Å². The highest BCUT2D eigenvalue weighted by Gasteiger charge is 2.30. The molecule has 2 heterocycles. The van der Waals surface area contributed by atoms with E-state index in [4.69, 9.17) is 4.99 Å². The van der Waals surface area contributed by atoms with Gasteiger partial charge in [-0.05, 0) is 41.7 Å². The zero-order valence-corrected chi connectivity index (χ0v) is 14.7. The molecule has 3 unspecified atom stereocenters. The van der Waals surface area contributed by atoms with E-state index < -0.39 is 0 Å². The normalized spacial score (nSPS) is 21.6. The van der Waals surface area contributed by atoms with Crippen LogP contribution in [0.1, 0.15) is 38.7 Å². The van der Waals surface area contributed by atoms with Crippen molar-refractivity contribution < 1.29 is 0 Å². The molecule has 21 heavy (non-hydrogen) atoms. The molecule has 5 heteroatoms. The predicted molar refractivity (Wildman–Crippen MR) is 92.3 cm³/mol. The van der Waals surface area contributed by atoms with E-state index in [1.165, 1.54) is 5.56 Å². The number of rotatable bonds is 4. The number of guanidine groups is 1. The van der Waals surface area contributed by atoms with Gasteiger partial charge in [-0.1, -0.05) is 13.8 Å². The maximum absolute atomic E-state index is 4.81. The molecule has 0 saturated heterocycles. The van der Waals surface area contributed by atoms with Gasteiger partial charge in [0, 0.05) is 27.1 Å². The number of hydrogen-bond acceptors (Lipinski definition) is 5. The highest BCUT2D eigenvalue weighted by atomic mass is 32.1. The van der Waals surface area contributed by atoms with Crippen molar-refractivity contribution in [1.82, 2.24) is 9.80 Å². The molecule has 0 saturated carbocycles. The highest BCUT2D eigenvalue weighted by molar-refractivity contribution is 7.08. The van der Waals surface area contributed by atoms with Crippen LogP contribution >= 0.6 is 11.3 Å². The first-order valence-corrected chi connectivity index (χ1v) is 8.48. The van der Waals surface area contributed by atoms with Crippen LogP contribution in [0.3, 0.4) is 0 Å². The third kappa shape index (κ3) is 3.28. The largest absolute Gasteiger partial charge is 0.349 e. The van der Waals surface area contributed by atoms with E-state index in [1.807, 2.05) is 14.1 Å². The van der Waals surface area contributed by atoms with E-state index >= 15 is 0 Å². The smallest absolute Gasteiger partial charge is 0.203 e. The van der Waals surface area contributed by atoms with Crippen LogP contribution in [0.2, 0.25) is 0 Å². The monoisotopic (exact) mass is 306 g/mol. The van der Waals surface area contributed by atoms with Crippen LogP contribution in [0.25, 0.3) is 0 Å². The summed E-state index contributed by atoms with van der Waals surface area (Å²) in [6, 6.07) is 2.24. The molecule has 0 N–H and O–H groups in total. The third-order valence-corrected chi connectivity index (χ3v) is 4.79. The Labute approximate surface area is 132 Å². The van der Waals surface area contributed by atoms with Crippen molar-refractivity contribution in [2.45, 2.75) is 39.3 Å². The van der Waals surface area contributed by atoms with Crippen LogP contribution in [-0.2, 0) is 0 Å². The van der Waals surface area contributed by atoms with Gasteiger partial charge in [-0.15, -0.1) is 0 Å². The maximum atomic E-state index is 4.81. The molecule has 3 atom stereocenters. The van der Waals surface area contributed by atoms with Crippen molar-refractivity contribution in [2.24, 2.45) is 15.9 Å². The zero-order valence-electron chi connectivity index (χ0n) is 13.9. The van der Waals surface area contributed by atoms with Gasteiger partial charge in [0.15, 0.2) is 0 Å². The van der Waals surface area contributed by atoms with Crippen molar-refractivity contribution in [3.05, 3.63) is 22.4 Å². The Bertz CT molecular complexity index is 518. The van der Waals surface area contributed by atoms with Gasteiger partial charge in [-0.2, -0.15) is 11.3 Å². The minimum Gasteiger partial charge on any atom is -0.349 e. The molecule has 4 nitrogen and oxygen atoms in total. The molecule has 0 aliphatic carbocycles. The molecular formula is C16H26N4S. The summed E-state index contributed by atoms with van der Waals surface area (Å²) in [5.41, 5.74) is 1.42. The Balaban J connectivity index is 2.27. The molecular weight excluding hydrogens is 280 g/mol. The van der Waals surface area contributed by atoms with Crippen LogP contribution in [0, 0.1) is 5.92 Å². The first-order chi connectivity index (χ1) is 9.95. The van der Waals surface area contributed by atoms with Gasteiger partial charge in [0.1, 0.15) is 12.0 Å². The first-order valence-electron chi connectivity index (χ1n) is 7.54. The summed E-state index contributed by atoms with van der Waals surface area (Å²) in [5, 5.41) is 4.42. The summed E-state index contributed by atoms with van der Waals surface area (Å²) < 4.78 is 0. The second kappa shape index (κ2) is 6.60. The molecule has 116 valence electrons. The van der Waals surface area contributed by atoms with Crippen LogP contribution < -0.4 is 0 Å². The highest BCUT2D eigenvalue weighted by Crippen LogP contribution is 2.32. The molecule has 2 rings (SSSR count). The number of hydrogen-bond donors (Lipinski definition) is 0. The van der Waals surface area contributed by atoms with E-state index in [1.54, 1.807) is 11.3 Å². The van der Waals surface area contributed by atoms with Crippen molar-refractivity contribution in [1.29, 1.82) is 0 Å². The van der Waals surface area contributed by atoms with E-state index in [0.29, 0.717) is 11.8 Å². The Morgan fingerprint density at radius 2 is 2.10 bits per heavy atom. The standard InChI is InChI=1S/C16H26N4S/c1-7-14(13-8-9-21-10-13)11(2)15-17-12(3)18-16(19(4)5)20(15)6/h8-12,14H,7H2,1-6H3. The van der Waals surface area contributed by atoms with Crippen molar-refractivity contribution >= 4 is 23.1 Å². The van der Waals surface area contributed by atoms with Crippen LogP contribution in [0.4, 0.5) is 0 Å². The summed E-state index contributed by atoms with van der Waals surface area (Å²) >= 11 is 1.77. The lowest BCUT2D eigenvalue weighted by Gasteiger charge is -2.36. The predicted octanol–water partition coefficient (Wildman–Crippen LogP) is 3.49. The van der Waals surface area contributed by atoms with Gasteiger partial charge >= 0.3 is 0 Å². The van der Waals surface area contributed by atoms with Crippen LogP contribution in [0.5, 0.6) is 0 Å². The Morgan fingerprint density at radius 1 is 1.38 bits per heavy atom. The Hall–Kier alpha value is -1.36. The average molecular weight is 306 g/mol. The van der Waals surface area contributed by atoms with Crippen LogP contribution in [-0.4, -0.2) is 48.9 Å². The summed E-state index contributed by atoms with van der Waals surface area (Å²) in [6.45, 7) is 6.59. The molecule has 0 radical (unpaired) electrons. The molecule has 0 amide bonds. The molecule has 0 bridgehead atoms. The minimum absolute atomic E-state index is 0.00368. The van der Waals surface area contributed by atoms with Gasteiger partial charge in [-0.25, -0.2) is 9.98 Å². The molecule has 1 aliphatic rings. The second-order valence-corrected chi connectivity index (χ2v) is 6.64. The fourth-order valence-electron chi connectivity index (χ4n) is 3.05. The number of amidine groups is 1. The summed E-state index contributed by atoms with van der Waals surface area (Å²) in [6.07, 6.45) is 1.11. The van der Waals surface area contributed by atoms with Gasteiger partial charge in [-0.3, -0.25) is 0 Å². The Morgan fingerprint density at radius 3 is 2.62 bits per heavy atom. The first kappa shape index (κ1) is 16.0. The second-order valence-electron chi connectivity index (χ2n) is 5.86. The summed E-state index contributed by atoms with van der Waals surface area (Å²) in [4.78, 5) is 13.6. The van der Waals surface area contributed by atoms with Gasteiger partial charge in [0.05, 0.1) is 0 Å². The third-order valence-electron chi connectivity index (χ3n) is 4.09. The van der Waals surface area contributed by atoms with Crippen LogP contribution in [0.15, 0.2) is 26.8 Å². The molecule has 0 fully saturated rings. The summed E-state index contributed by atoms with van der Waals surface area (Å²) in [7, 11) is 6.14. The number of aliphatic imine (C=N–C) groups is 2. The topological polar surface area (TPSA) is 31.2 Å². The fourth-order valence-corrected chi connectivity index (χ4v) is 3.77. The van der Waals surface area contributed by atoms with E-state index in [0.717, 1.165) is 18.2 Å². The maximum Gasteiger partial charge on any atom is 0.203 e. The zero-order chi connectivity index (χ0) is 15.6. The molecule has 1 aromatic heterocycles.